The topological polar surface area (TPSA) is 119 Å². The van der Waals surface area contributed by atoms with Crippen molar-refractivity contribution in [2.45, 2.75) is 17.5 Å². The standard InChI is InChI=1S/C15H17ClN4O3S/c16-11-8-19-7-9-2-1-3-13(14(9)11)24(22,23)20-5-4-10(15(20)18)12(21)6-17/h1-3,7-8,10,15H,4-6,17-18H2/t10?,15-/m1/s1. The molecule has 0 bridgehead atoms. The molecule has 3 rings (SSSR count). The zero-order valence-electron chi connectivity index (χ0n) is 12.7. The molecule has 2 aromatic rings. The molecule has 0 radical (unpaired) electrons. The minimum atomic E-state index is -3.91. The van der Waals surface area contributed by atoms with Crippen molar-refractivity contribution in [3.05, 3.63) is 35.6 Å². The Kier molecular flexibility index (Phi) is 4.58. The molecule has 0 saturated carbocycles. The summed E-state index contributed by atoms with van der Waals surface area (Å²) in [5, 5.41) is 1.26. The minimum Gasteiger partial charge on any atom is -0.324 e. The molecule has 0 aliphatic carbocycles. The van der Waals surface area contributed by atoms with Crippen molar-refractivity contribution in [1.82, 2.24) is 9.29 Å². The molecule has 2 atom stereocenters. The van der Waals surface area contributed by atoms with E-state index in [9.17, 15) is 13.2 Å². The summed E-state index contributed by atoms with van der Waals surface area (Å²) in [7, 11) is -3.91. The summed E-state index contributed by atoms with van der Waals surface area (Å²) in [5.41, 5.74) is 11.4. The lowest BCUT2D eigenvalue weighted by atomic mass is 10.0. The van der Waals surface area contributed by atoms with E-state index < -0.39 is 22.1 Å². The van der Waals surface area contributed by atoms with Gasteiger partial charge in [0, 0.05) is 35.6 Å². The number of fused-ring (bicyclic) bond motifs is 1. The molecule has 1 unspecified atom stereocenters. The number of nitrogens with zero attached hydrogens (tertiary/aromatic N) is 2. The van der Waals surface area contributed by atoms with Crippen molar-refractivity contribution in [1.29, 1.82) is 0 Å². The molecule has 1 aromatic heterocycles. The predicted molar refractivity (Wildman–Crippen MR) is 90.8 cm³/mol. The summed E-state index contributed by atoms with van der Waals surface area (Å²) in [6.45, 7) is 0.0109. The van der Waals surface area contributed by atoms with Crippen LogP contribution in [0.4, 0.5) is 0 Å². The van der Waals surface area contributed by atoms with Crippen LogP contribution in [0.5, 0.6) is 0 Å². The summed E-state index contributed by atoms with van der Waals surface area (Å²) in [5.74, 6) is -0.822. The Hall–Kier alpha value is -1.58. The van der Waals surface area contributed by atoms with Gasteiger partial charge in [-0.25, -0.2) is 8.42 Å². The number of nitrogens with two attached hydrogens (primary N) is 2. The fourth-order valence-electron chi connectivity index (χ4n) is 3.07. The van der Waals surface area contributed by atoms with Gasteiger partial charge in [0.25, 0.3) is 0 Å². The first-order chi connectivity index (χ1) is 11.4. The summed E-state index contributed by atoms with van der Waals surface area (Å²) in [6.07, 6.45) is 2.37. The van der Waals surface area contributed by atoms with Crippen LogP contribution >= 0.6 is 11.6 Å². The maximum absolute atomic E-state index is 13.1. The van der Waals surface area contributed by atoms with Gasteiger partial charge in [0.05, 0.1) is 22.6 Å². The molecule has 24 heavy (non-hydrogen) atoms. The molecule has 0 amide bonds. The molecule has 128 valence electrons. The number of benzene rings is 1. The van der Waals surface area contributed by atoms with E-state index in [0.717, 1.165) is 4.31 Å². The molecule has 4 N–H and O–H groups in total. The first-order valence-corrected chi connectivity index (χ1v) is 9.22. The second kappa shape index (κ2) is 6.38. The average Bonchev–Trinajstić information content (AvgIpc) is 2.96. The van der Waals surface area contributed by atoms with Crippen molar-refractivity contribution < 1.29 is 13.2 Å². The molecule has 1 aliphatic heterocycles. The fourth-order valence-corrected chi connectivity index (χ4v) is 5.20. The highest BCUT2D eigenvalue weighted by Crippen LogP contribution is 2.34. The van der Waals surface area contributed by atoms with Crippen molar-refractivity contribution in [3.8, 4) is 0 Å². The van der Waals surface area contributed by atoms with E-state index in [1.54, 1.807) is 18.3 Å². The van der Waals surface area contributed by atoms with Gasteiger partial charge < -0.3 is 11.5 Å². The number of ketones is 1. The van der Waals surface area contributed by atoms with Crippen LogP contribution in [0.1, 0.15) is 6.42 Å². The van der Waals surface area contributed by atoms with E-state index in [2.05, 4.69) is 4.98 Å². The lowest BCUT2D eigenvalue weighted by Gasteiger charge is -2.24. The van der Waals surface area contributed by atoms with Gasteiger partial charge in [-0.1, -0.05) is 23.7 Å². The summed E-state index contributed by atoms with van der Waals surface area (Å²) < 4.78 is 27.3. The molecule has 1 aliphatic rings. The van der Waals surface area contributed by atoms with Crippen LogP contribution in [0.3, 0.4) is 0 Å². The Balaban J connectivity index is 2.08. The fraction of sp³-hybridized carbons (Fsp3) is 0.333. The summed E-state index contributed by atoms with van der Waals surface area (Å²) in [4.78, 5) is 15.9. The Morgan fingerprint density at radius 2 is 2.12 bits per heavy atom. The normalized spacial score (nSPS) is 22.1. The lowest BCUT2D eigenvalue weighted by Crippen LogP contribution is -2.46. The third-order valence-electron chi connectivity index (χ3n) is 4.31. The number of aromatic nitrogens is 1. The molecule has 9 heteroatoms. The summed E-state index contributed by atoms with van der Waals surface area (Å²) >= 11 is 6.17. The van der Waals surface area contributed by atoms with Gasteiger partial charge in [-0.2, -0.15) is 4.31 Å². The number of hydrogen-bond acceptors (Lipinski definition) is 6. The van der Waals surface area contributed by atoms with Crippen LogP contribution in [0.15, 0.2) is 35.5 Å². The predicted octanol–water partition coefficient (Wildman–Crippen LogP) is 0.711. The van der Waals surface area contributed by atoms with Gasteiger partial charge >= 0.3 is 0 Å². The van der Waals surface area contributed by atoms with Gasteiger partial charge in [0.15, 0.2) is 5.78 Å². The highest BCUT2D eigenvalue weighted by molar-refractivity contribution is 7.89. The maximum atomic E-state index is 13.1. The lowest BCUT2D eigenvalue weighted by molar-refractivity contribution is -0.121. The van der Waals surface area contributed by atoms with Gasteiger partial charge in [-0.3, -0.25) is 9.78 Å². The monoisotopic (exact) mass is 368 g/mol. The third-order valence-corrected chi connectivity index (χ3v) is 6.53. The third kappa shape index (κ3) is 2.70. The van der Waals surface area contributed by atoms with Crippen LogP contribution in [0.25, 0.3) is 10.8 Å². The quantitative estimate of drug-likeness (QED) is 0.820. The minimum absolute atomic E-state index is 0.0590. The molecule has 1 saturated heterocycles. The zero-order chi connectivity index (χ0) is 17.5. The van der Waals surface area contributed by atoms with Crippen molar-refractivity contribution in [3.63, 3.8) is 0 Å². The second-order valence-corrected chi connectivity index (χ2v) is 7.91. The smallest absolute Gasteiger partial charge is 0.245 e. The SMILES string of the molecule is NCC(=O)C1CCN(S(=O)(=O)c2cccc3cncc(Cl)c23)[C@H]1N. The van der Waals surface area contributed by atoms with Crippen LogP contribution in [0, 0.1) is 5.92 Å². The van der Waals surface area contributed by atoms with Crippen LogP contribution < -0.4 is 11.5 Å². The van der Waals surface area contributed by atoms with E-state index in [-0.39, 0.29) is 28.8 Å². The molecule has 7 nitrogen and oxygen atoms in total. The molecule has 1 fully saturated rings. The van der Waals surface area contributed by atoms with Gasteiger partial charge in [0.2, 0.25) is 10.0 Å². The Labute approximate surface area is 144 Å². The van der Waals surface area contributed by atoms with Crippen molar-refractivity contribution in [2.75, 3.05) is 13.1 Å². The number of Topliss-reactive ketones (excluding diaryl/α,β-unsaturated/α-hetero) is 1. The highest BCUT2D eigenvalue weighted by atomic mass is 35.5. The number of carbonyl (C=O) groups is 1. The van der Waals surface area contributed by atoms with E-state index >= 15 is 0 Å². The van der Waals surface area contributed by atoms with E-state index in [1.807, 2.05) is 0 Å². The molecular formula is C15H17ClN4O3S. The van der Waals surface area contributed by atoms with E-state index in [1.165, 1.54) is 12.3 Å². The van der Waals surface area contributed by atoms with Gasteiger partial charge in [-0.15, -0.1) is 0 Å². The van der Waals surface area contributed by atoms with Crippen molar-refractivity contribution >= 4 is 38.2 Å². The van der Waals surface area contributed by atoms with Gasteiger partial charge in [-0.05, 0) is 12.5 Å². The zero-order valence-corrected chi connectivity index (χ0v) is 14.3. The highest BCUT2D eigenvalue weighted by Gasteiger charge is 2.42. The number of pyridine rings is 1. The molecule has 1 aromatic carbocycles. The maximum Gasteiger partial charge on any atom is 0.245 e. The van der Waals surface area contributed by atoms with Crippen LogP contribution in [-0.4, -0.2) is 42.7 Å². The van der Waals surface area contributed by atoms with Crippen LogP contribution in [0.2, 0.25) is 5.02 Å². The summed E-state index contributed by atoms with van der Waals surface area (Å²) in [6, 6.07) is 4.84. The van der Waals surface area contributed by atoms with Crippen molar-refractivity contribution in [2.24, 2.45) is 17.4 Å². The number of sulfonamides is 1. The van der Waals surface area contributed by atoms with E-state index in [0.29, 0.717) is 17.2 Å². The number of rotatable bonds is 4. The van der Waals surface area contributed by atoms with Crippen LogP contribution in [-0.2, 0) is 14.8 Å². The Morgan fingerprint density at radius 1 is 1.38 bits per heavy atom. The molecule has 2 heterocycles. The van der Waals surface area contributed by atoms with Gasteiger partial charge in [0.1, 0.15) is 0 Å². The largest absolute Gasteiger partial charge is 0.324 e. The second-order valence-electron chi connectivity index (χ2n) is 5.65. The number of halogens is 1. The first kappa shape index (κ1) is 17.2. The average molecular weight is 369 g/mol. The number of hydrogen-bond donors (Lipinski definition) is 2. The molecular weight excluding hydrogens is 352 g/mol. The Bertz CT molecular complexity index is 897. The number of carbonyl (C=O) groups excluding carboxylic acids is 1. The van der Waals surface area contributed by atoms with E-state index in [4.69, 9.17) is 23.1 Å². The Morgan fingerprint density at radius 3 is 2.83 bits per heavy atom. The first-order valence-electron chi connectivity index (χ1n) is 7.40. The molecule has 0 spiro atoms.